The molecule has 2 amide bonds. The highest BCUT2D eigenvalue weighted by molar-refractivity contribution is 7.10. The van der Waals surface area contributed by atoms with E-state index in [1.807, 2.05) is 0 Å². The summed E-state index contributed by atoms with van der Waals surface area (Å²) in [5, 5.41) is 2.29. The topological polar surface area (TPSA) is 92.8 Å². The Morgan fingerprint density at radius 3 is 2.38 bits per heavy atom. The molecule has 1 heterocycles. The van der Waals surface area contributed by atoms with Crippen molar-refractivity contribution in [1.82, 2.24) is 5.43 Å². The van der Waals surface area contributed by atoms with E-state index in [0.717, 1.165) is 11.9 Å². The van der Waals surface area contributed by atoms with Crippen molar-refractivity contribution < 1.29 is 23.9 Å². The molecule has 114 valence electrons. The molecule has 1 rings (SSSR count). The van der Waals surface area contributed by atoms with Crippen molar-refractivity contribution in [3.63, 3.8) is 0 Å². The molecule has 0 saturated carbocycles. The number of esters is 1. The predicted octanol–water partition coefficient (Wildman–Crippen LogP) is 1.21. The number of nitrogens with zero attached hydrogens (tertiary/aromatic N) is 1. The molecule has 0 aromatic carbocycles. The molecule has 0 aliphatic rings. The number of carbonyl (C=O) groups excluding carboxylic acids is 4. The first-order valence-corrected chi connectivity index (χ1v) is 7.05. The number of thiophene rings is 1. The fourth-order valence-corrected chi connectivity index (χ4v) is 2.41. The standard InChI is InChI=1S/C13H16N2O5S/c1-5-20-13(19)11-8(3)21-6-10(11)15(14-9(4)17)12(18)7(2)16/h6H,5H2,1-4H3,(H,14,17). The van der Waals surface area contributed by atoms with Gasteiger partial charge in [-0.1, -0.05) is 0 Å². The van der Waals surface area contributed by atoms with Gasteiger partial charge in [-0.25, -0.2) is 9.80 Å². The smallest absolute Gasteiger partial charge is 0.341 e. The van der Waals surface area contributed by atoms with Crippen LogP contribution in [0.5, 0.6) is 0 Å². The van der Waals surface area contributed by atoms with Crippen LogP contribution in [-0.4, -0.2) is 30.2 Å². The van der Waals surface area contributed by atoms with Crippen LogP contribution in [0.15, 0.2) is 5.38 Å². The summed E-state index contributed by atoms with van der Waals surface area (Å²) in [7, 11) is 0. The highest BCUT2D eigenvalue weighted by atomic mass is 32.1. The number of aryl methyl sites for hydroxylation is 1. The van der Waals surface area contributed by atoms with Crippen LogP contribution in [-0.2, 0) is 19.1 Å². The van der Waals surface area contributed by atoms with Gasteiger partial charge in [0.05, 0.1) is 17.9 Å². The van der Waals surface area contributed by atoms with E-state index in [9.17, 15) is 19.2 Å². The number of ether oxygens (including phenoxy) is 1. The van der Waals surface area contributed by atoms with E-state index < -0.39 is 23.6 Å². The third-order valence-electron chi connectivity index (χ3n) is 2.45. The Balaban J connectivity index is 3.31. The van der Waals surface area contributed by atoms with Crippen molar-refractivity contribution in [3.05, 3.63) is 15.8 Å². The number of amides is 2. The van der Waals surface area contributed by atoms with Gasteiger partial charge in [-0.05, 0) is 13.8 Å². The Morgan fingerprint density at radius 2 is 1.90 bits per heavy atom. The molecule has 21 heavy (non-hydrogen) atoms. The van der Waals surface area contributed by atoms with Crippen LogP contribution < -0.4 is 10.4 Å². The van der Waals surface area contributed by atoms with Crippen molar-refractivity contribution in [2.75, 3.05) is 11.6 Å². The summed E-state index contributed by atoms with van der Waals surface area (Å²) in [6, 6.07) is 0. The van der Waals surface area contributed by atoms with Gasteiger partial charge in [0.1, 0.15) is 0 Å². The second-order valence-corrected chi connectivity index (χ2v) is 5.22. The third-order valence-corrected chi connectivity index (χ3v) is 3.35. The van der Waals surface area contributed by atoms with Crippen LogP contribution >= 0.6 is 11.3 Å². The first kappa shape index (κ1) is 16.8. The van der Waals surface area contributed by atoms with E-state index in [0.29, 0.717) is 4.88 Å². The Morgan fingerprint density at radius 1 is 1.29 bits per heavy atom. The minimum Gasteiger partial charge on any atom is -0.462 e. The van der Waals surface area contributed by atoms with Gasteiger partial charge >= 0.3 is 11.9 Å². The molecule has 1 N–H and O–H groups in total. The molecule has 0 bridgehead atoms. The molecular formula is C13H16N2O5S. The Kier molecular flexibility index (Phi) is 5.60. The molecule has 1 aromatic heterocycles. The molecule has 0 aliphatic heterocycles. The summed E-state index contributed by atoms with van der Waals surface area (Å²) in [4.78, 5) is 47.1. The average Bonchev–Trinajstić information content (AvgIpc) is 2.76. The van der Waals surface area contributed by atoms with E-state index in [1.165, 1.54) is 23.6 Å². The molecule has 0 unspecified atom stereocenters. The number of ketones is 1. The number of hydrogen-bond donors (Lipinski definition) is 1. The predicted molar refractivity (Wildman–Crippen MR) is 77.0 cm³/mol. The zero-order chi connectivity index (χ0) is 16.2. The second kappa shape index (κ2) is 6.98. The van der Waals surface area contributed by atoms with E-state index in [-0.39, 0.29) is 17.9 Å². The van der Waals surface area contributed by atoms with Crippen LogP contribution in [0.4, 0.5) is 5.69 Å². The van der Waals surface area contributed by atoms with Gasteiger partial charge in [0.15, 0.2) is 0 Å². The van der Waals surface area contributed by atoms with Crippen LogP contribution in [0.3, 0.4) is 0 Å². The number of nitrogens with one attached hydrogen (secondary N) is 1. The van der Waals surface area contributed by atoms with Crippen LogP contribution in [0.2, 0.25) is 0 Å². The van der Waals surface area contributed by atoms with E-state index in [2.05, 4.69) is 5.43 Å². The maximum absolute atomic E-state index is 12.0. The SMILES string of the molecule is CCOC(=O)c1c(N(NC(C)=O)C(=O)C(C)=O)csc1C. The van der Waals surface area contributed by atoms with Gasteiger partial charge in [0.25, 0.3) is 0 Å². The monoisotopic (exact) mass is 312 g/mol. The van der Waals surface area contributed by atoms with Gasteiger partial charge in [0.2, 0.25) is 11.7 Å². The lowest BCUT2D eigenvalue weighted by atomic mass is 10.2. The molecule has 8 heteroatoms. The number of hydrazine groups is 1. The van der Waals surface area contributed by atoms with Gasteiger partial charge < -0.3 is 4.74 Å². The van der Waals surface area contributed by atoms with Gasteiger partial charge in [-0.3, -0.25) is 19.8 Å². The van der Waals surface area contributed by atoms with Gasteiger partial charge in [-0.15, -0.1) is 11.3 Å². The number of Topliss-reactive ketones (excluding diaryl/α,β-unsaturated/α-hetero) is 1. The fourth-order valence-electron chi connectivity index (χ4n) is 1.59. The normalized spacial score (nSPS) is 9.90. The summed E-state index contributed by atoms with van der Waals surface area (Å²) in [5.41, 5.74) is 2.54. The summed E-state index contributed by atoms with van der Waals surface area (Å²) >= 11 is 1.21. The highest BCUT2D eigenvalue weighted by Crippen LogP contribution is 2.30. The zero-order valence-electron chi connectivity index (χ0n) is 12.2. The first-order chi connectivity index (χ1) is 9.79. The average molecular weight is 312 g/mol. The highest BCUT2D eigenvalue weighted by Gasteiger charge is 2.28. The molecule has 0 aliphatic carbocycles. The summed E-state index contributed by atoms with van der Waals surface area (Å²) in [6.07, 6.45) is 0. The number of hydrogen-bond acceptors (Lipinski definition) is 6. The van der Waals surface area contributed by atoms with E-state index >= 15 is 0 Å². The van der Waals surface area contributed by atoms with E-state index in [4.69, 9.17) is 4.74 Å². The number of rotatable bonds is 4. The summed E-state index contributed by atoms with van der Waals surface area (Å²) in [5.74, 6) is -2.85. The van der Waals surface area contributed by atoms with Crippen molar-refractivity contribution in [2.24, 2.45) is 0 Å². The molecule has 0 spiro atoms. The minimum atomic E-state index is -0.937. The van der Waals surface area contributed by atoms with Gasteiger partial charge in [-0.2, -0.15) is 0 Å². The maximum Gasteiger partial charge on any atom is 0.341 e. The molecule has 0 fully saturated rings. The molecule has 0 radical (unpaired) electrons. The Bertz CT molecular complexity index is 593. The zero-order valence-corrected chi connectivity index (χ0v) is 13.0. The third kappa shape index (κ3) is 3.88. The maximum atomic E-state index is 12.0. The van der Waals surface area contributed by atoms with Crippen LogP contribution in [0.1, 0.15) is 36.0 Å². The largest absolute Gasteiger partial charge is 0.462 e. The number of carbonyl (C=O) groups is 4. The van der Waals surface area contributed by atoms with Crippen molar-refractivity contribution in [1.29, 1.82) is 0 Å². The Hall–Kier alpha value is -2.22. The molecule has 0 atom stereocenters. The lowest BCUT2D eigenvalue weighted by Crippen LogP contribution is -2.48. The van der Waals surface area contributed by atoms with Gasteiger partial charge in [0, 0.05) is 24.1 Å². The van der Waals surface area contributed by atoms with Crippen molar-refractivity contribution in [2.45, 2.75) is 27.7 Å². The summed E-state index contributed by atoms with van der Waals surface area (Å²) in [6.45, 7) is 5.80. The quantitative estimate of drug-likeness (QED) is 0.512. The lowest BCUT2D eigenvalue weighted by molar-refractivity contribution is -0.136. The number of anilines is 1. The minimum absolute atomic E-state index is 0.131. The molecule has 0 saturated heterocycles. The van der Waals surface area contributed by atoms with Crippen molar-refractivity contribution >= 4 is 40.6 Å². The van der Waals surface area contributed by atoms with Crippen LogP contribution in [0, 0.1) is 6.92 Å². The van der Waals surface area contributed by atoms with Crippen molar-refractivity contribution in [3.8, 4) is 0 Å². The summed E-state index contributed by atoms with van der Waals surface area (Å²) < 4.78 is 4.94. The fraction of sp³-hybridized carbons (Fsp3) is 0.385. The lowest BCUT2D eigenvalue weighted by Gasteiger charge is -2.21. The van der Waals surface area contributed by atoms with Crippen LogP contribution in [0.25, 0.3) is 0 Å². The molecule has 1 aromatic rings. The molecular weight excluding hydrogens is 296 g/mol. The molecule has 7 nitrogen and oxygen atoms in total. The van der Waals surface area contributed by atoms with E-state index in [1.54, 1.807) is 13.8 Å². The Labute approximate surface area is 125 Å². The first-order valence-electron chi connectivity index (χ1n) is 6.17. The second-order valence-electron chi connectivity index (χ2n) is 4.14.